The predicted octanol–water partition coefficient (Wildman–Crippen LogP) is 1.67. The Morgan fingerprint density at radius 2 is 2.22 bits per heavy atom. The molecule has 0 spiro atoms. The largest absolute Gasteiger partial charge is 0.481 e. The van der Waals surface area contributed by atoms with E-state index in [1.807, 2.05) is 0 Å². The highest BCUT2D eigenvalue weighted by Gasteiger charge is 2.29. The average molecular weight is 269 g/mol. The molecule has 0 radical (unpaired) electrons. The van der Waals surface area contributed by atoms with Gasteiger partial charge in [-0.3, -0.25) is 9.59 Å². The highest BCUT2D eigenvalue weighted by atomic mass is 35.5. The molecule has 1 aliphatic heterocycles. The van der Waals surface area contributed by atoms with Crippen molar-refractivity contribution in [2.75, 3.05) is 13.1 Å². The number of piperidine rings is 1. The molecule has 1 aliphatic rings. The fraction of sp³-hybridized carbons (Fsp3) is 0.417. The molecule has 18 heavy (non-hydrogen) atoms. The van der Waals surface area contributed by atoms with Gasteiger partial charge in [0.2, 0.25) is 0 Å². The molecule has 5 nitrogen and oxygen atoms in total. The summed E-state index contributed by atoms with van der Waals surface area (Å²) in [5, 5.41) is 9.23. The van der Waals surface area contributed by atoms with Crippen molar-refractivity contribution in [1.29, 1.82) is 0 Å². The third-order valence-electron chi connectivity index (χ3n) is 2.99. The normalized spacial score (nSPS) is 19.6. The molecule has 1 fully saturated rings. The number of carboxylic acid groups (broad SMARTS) is 1. The van der Waals surface area contributed by atoms with Gasteiger partial charge in [-0.1, -0.05) is 17.7 Å². The lowest BCUT2D eigenvalue weighted by atomic mass is 9.98. The molecule has 2 rings (SSSR count). The molecule has 1 aromatic heterocycles. The van der Waals surface area contributed by atoms with Crippen LogP contribution in [0.4, 0.5) is 0 Å². The highest BCUT2D eigenvalue weighted by molar-refractivity contribution is 6.29. The van der Waals surface area contributed by atoms with E-state index in [0.717, 1.165) is 0 Å². The van der Waals surface area contributed by atoms with Gasteiger partial charge in [-0.2, -0.15) is 0 Å². The third kappa shape index (κ3) is 2.79. The number of carbonyl (C=O) groups excluding carboxylic acids is 1. The number of halogens is 1. The molecule has 96 valence electrons. The van der Waals surface area contributed by atoms with Gasteiger partial charge in [0.15, 0.2) is 0 Å². The topological polar surface area (TPSA) is 70.5 Å². The summed E-state index contributed by atoms with van der Waals surface area (Å²) >= 11 is 5.73. The molecule has 6 heteroatoms. The van der Waals surface area contributed by atoms with Crippen molar-refractivity contribution in [3.8, 4) is 0 Å². The number of likely N-dealkylation sites (tertiary alicyclic amines) is 1. The van der Waals surface area contributed by atoms with Gasteiger partial charge in [-0.25, -0.2) is 4.98 Å². The molecular weight excluding hydrogens is 256 g/mol. The Kier molecular flexibility index (Phi) is 3.81. The van der Waals surface area contributed by atoms with Gasteiger partial charge in [-0.15, -0.1) is 0 Å². The first kappa shape index (κ1) is 12.8. The predicted molar refractivity (Wildman–Crippen MR) is 65.5 cm³/mol. The second-order valence-corrected chi connectivity index (χ2v) is 4.66. The van der Waals surface area contributed by atoms with E-state index in [1.165, 1.54) is 4.90 Å². The van der Waals surface area contributed by atoms with Crippen LogP contribution in [-0.2, 0) is 4.79 Å². The number of carbonyl (C=O) groups is 2. The lowest BCUT2D eigenvalue weighted by molar-refractivity contribution is -0.143. The average Bonchev–Trinajstić information content (AvgIpc) is 2.38. The molecular formula is C12H13ClN2O3. The summed E-state index contributed by atoms with van der Waals surface area (Å²) in [4.78, 5) is 28.5. The minimum absolute atomic E-state index is 0.238. The second kappa shape index (κ2) is 5.35. The molecule has 1 atom stereocenters. The van der Waals surface area contributed by atoms with Crippen molar-refractivity contribution in [2.24, 2.45) is 5.92 Å². The van der Waals surface area contributed by atoms with E-state index in [9.17, 15) is 9.59 Å². The smallest absolute Gasteiger partial charge is 0.308 e. The number of pyridine rings is 1. The SMILES string of the molecule is O=C(O)[C@H]1CCCN(C(=O)c2cccc(Cl)n2)C1. The van der Waals surface area contributed by atoms with E-state index < -0.39 is 11.9 Å². The Bertz CT molecular complexity index is 478. The zero-order chi connectivity index (χ0) is 13.1. The molecule has 0 unspecified atom stereocenters. The molecule has 1 aromatic rings. The number of hydrogen-bond acceptors (Lipinski definition) is 3. The van der Waals surface area contributed by atoms with Gasteiger partial charge >= 0.3 is 5.97 Å². The molecule has 0 saturated carbocycles. The van der Waals surface area contributed by atoms with Crippen molar-refractivity contribution in [1.82, 2.24) is 9.88 Å². The van der Waals surface area contributed by atoms with E-state index in [-0.39, 0.29) is 23.3 Å². The molecule has 1 N–H and O–H groups in total. The molecule has 1 amide bonds. The molecule has 0 bridgehead atoms. The van der Waals surface area contributed by atoms with Crippen LogP contribution in [0.1, 0.15) is 23.3 Å². The van der Waals surface area contributed by atoms with Crippen LogP contribution in [-0.4, -0.2) is 40.0 Å². The Hall–Kier alpha value is -1.62. The van der Waals surface area contributed by atoms with E-state index in [2.05, 4.69) is 4.98 Å². The quantitative estimate of drug-likeness (QED) is 0.829. The fourth-order valence-electron chi connectivity index (χ4n) is 2.05. The van der Waals surface area contributed by atoms with Gasteiger partial charge in [0.05, 0.1) is 5.92 Å². The number of aromatic nitrogens is 1. The first-order chi connectivity index (χ1) is 8.58. The maximum absolute atomic E-state index is 12.1. The number of rotatable bonds is 2. The lowest BCUT2D eigenvalue weighted by Gasteiger charge is -2.30. The van der Waals surface area contributed by atoms with Crippen LogP contribution in [0, 0.1) is 5.92 Å². The molecule has 0 aromatic carbocycles. The molecule has 0 aliphatic carbocycles. The van der Waals surface area contributed by atoms with Crippen molar-refractivity contribution in [2.45, 2.75) is 12.8 Å². The monoisotopic (exact) mass is 268 g/mol. The summed E-state index contributed by atoms with van der Waals surface area (Å²) in [6.07, 6.45) is 1.31. The van der Waals surface area contributed by atoms with Crippen LogP contribution in [0.25, 0.3) is 0 Å². The van der Waals surface area contributed by atoms with Crippen molar-refractivity contribution in [3.05, 3.63) is 29.0 Å². The summed E-state index contributed by atoms with van der Waals surface area (Å²) in [6, 6.07) is 4.83. The maximum Gasteiger partial charge on any atom is 0.308 e. The number of amides is 1. The summed E-state index contributed by atoms with van der Waals surface area (Å²) in [6.45, 7) is 0.805. The van der Waals surface area contributed by atoms with Crippen molar-refractivity contribution < 1.29 is 14.7 Å². The number of carboxylic acids is 1. The number of nitrogens with zero attached hydrogens (tertiary/aromatic N) is 2. The number of aliphatic carboxylic acids is 1. The fourth-order valence-corrected chi connectivity index (χ4v) is 2.22. The Balaban J connectivity index is 2.11. The first-order valence-electron chi connectivity index (χ1n) is 5.72. The van der Waals surface area contributed by atoms with Gasteiger partial charge < -0.3 is 10.0 Å². The summed E-state index contributed by atoms with van der Waals surface area (Å²) < 4.78 is 0. The maximum atomic E-state index is 12.1. The summed E-state index contributed by atoms with van der Waals surface area (Å²) in [5.74, 6) is -1.60. The molecule has 1 saturated heterocycles. The van der Waals surface area contributed by atoms with E-state index in [0.29, 0.717) is 19.4 Å². The minimum Gasteiger partial charge on any atom is -0.481 e. The first-order valence-corrected chi connectivity index (χ1v) is 6.10. The minimum atomic E-state index is -0.855. The Morgan fingerprint density at radius 3 is 2.89 bits per heavy atom. The van der Waals surface area contributed by atoms with E-state index >= 15 is 0 Å². The number of hydrogen-bond donors (Lipinski definition) is 1. The highest BCUT2D eigenvalue weighted by Crippen LogP contribution is 2.18. The van der Waals surface area contributed by atoms with Crippen molar-refractivity contribution >= 4 is 23.5 Å². The van der Waals surface area contributed by atoms with Crippen LogP contribution in [0.15, 0.2) is 18.2 Å². The van der Waals surface area contributed by atoms with Crippen LogP contribution < -0.4 is 0 Å². The third-order valence-corrected chi connectivity index (χ3v) is 3.20. The second-order valence-electron chi connectivity index (χ2n) is 4.27. The standard InChI is InChI=1S/C12H13ClN2O3/c13-10-5-1-4-9(14-10)11(16)15-6-2-3-8(7-15)12(17)18/h1,4-5,8H,2-3,6-7H2,(H,17,18)/t8-/m0/s1. The van der Waals surface area contributed by atoms with E-state index in [4.69, 9.17) is 16.7 Å². The Morgan fingerprint density at radius 1 is 1.44 bits per heavy atom. The zero-order valence-electron chi connectivity index (χ0n) is 9.67. The zero-order valence-corrected chi connectivity index (χ0v) is 10.4. The van der Waals surface area contributed by atoms with Gasteiger partial charge in [-0.05, 0) is 25.0 Å². The van der Waals surface area contributed by atoms with Crippen molar-refractivity contribution in [3.63, 3.8) is 0 Å². The summed E-state index contributed by atoms with van der Waals surface area (Å²) in [7, 11) is 0. The van der Waals surface area contributed by atoms with Gasteiger partial charge in [0.1, 0.15) is 10.8 Å². The van der Waals surface area contributed by atoms with Gasteiger partial charge in [0, 0.05) is 13.1 Å². The van der Waals surface area contributed by atoms with Crippen LogP contribution in [0.2, 0.25) is 5.15 Å². The molecule has 2 heterocycles. The van der Waals surface area contributed by atoms with Crippen LogP contribution in [0.3, 0.4) is 0 Å². The summed E-state index contributed by atoms with van der Waals surface area (Å²) in [5.41, 5.74) is 0.258. The van der Waals surface area contributed by atoms with E-state index in [1.54, 1.807) is 18.2 Å². The van der Waals surface area contributed by atoms with Crippen LogP contribution in [0.5, 0.6) is 0 Å². The Labute approximate surface area is 109 Å². The van der Waals surface area contributed by atoms with Gasteiger partial charge in [0.25, 0.3) is 5.91 Å². The van der Waals surface area contributed by atoms with Crippen LogP contribution >= 0.6 is 11.6 Å². The lowest BCUT2D eigenvalue weighted by Crippen LogP contribution is -2.42.